The molecule has 0 aliphatic rings. The molecule has 2 aromatic carbocycles. The van der Waals surface area contributed by atoms with Gasteiger partial charge >= 0.3 is 8.32 Å². The van der Waals surface area contributed by atoms with E-state index in [1.165, 1.54) is 10.4 Å². The zero-order valence-electron chi connectivity index (χ0n) is 17.5. The largest absolute Gasteiger partial charge is 0.396 e. The van der Waals surface area contributed by atoms with Gasteiger partial charge in [0.25, 0.3) is 0 Å². The summed E-state index contributed by atoms with van der Waals surface area (Å²) in [7, 11) is -1.09. The third kappa shape index (κ3) is 6.87. The fourth-order valence-corrected chi connectivity index (χ4v) is 6.69. The van der Waals surface area contributed by atoms with Gasteiger partial charge in [0.1, 0.15) is 6.61 Å². The predicted octanol–water partition coefficient (Wildman–Crippen LogP) is 4.64. The second-order valence-electron chi connectivity index (χ2n) is 6.97. The molecule has 29 heavy (non-hydrogen) atoms. The molecule has 0 fully saturated rings. The highest BCUT2D eigenvalue weighted by atomic mass is 28.4. The zero-order chi connectivity index (χ0) is 20.8. The van der Waals surface area contributed by atoms with Crippen LogP contribution in [0, 0.1) is 11.5 Å². The Morgan fingerprint density at radius 3 is 2.00 bits per heavy atom. The first-order valence-corrected chi connectivity index (χ1v) is 12.2. The smallest absolute Gasteiger partial charge is 0.337 e. The maximum atomic E-state index is 7.03. The molecule has 1 atom stereocenters. The van der Waals surface area contributed by atoms with E-state index < -0.39 is 8.32 Å². The zero-order valence-corrected chi connectivity index (χ0v) is 18.5. The molecule has 0 N–H and O–H groups in total. The molecule has 2 nitrogen and oxygen atoms in total. The summed E-state index contributed by atoms with van der Waals surface area (Å²) in [5.74, 6) is 3.23. The van der Waals surface area contributed by atoms with Crippen LogP contribution in [0.1, 0.15) is 32.1 Å². The lowest BCUT2D eigenvalue weighted by Crippen LogP contribution is -2.61. The van der Waals surface area contributed by atoms with Crippen molar-refractivity contribution in [2.75, 3.05) is 13.7 Å². The number of benzene rings is 2. The number of methoxy groups -OCH3 is 1. The Bertz CT molecular complexity index is 750. The standard InChI is InChI=1S/C26H32O2Si/c1-4-6-10-17-24(16-7-5-2)28-29(23-15-22-27-3,25-18-11-8-12-19-25)26-20-13-9-14-21-26/h4-5,8-9,11-14,18-21,24H,1-2,6-7,10,16-17,22H2,3H3. The third-order valence-electron chi connectivity index (χ3n) is 4.81. The minimum Gasteiger partial charge on any atom is -0.396 e. The van der Waals surface area contributed by atoms with Crippen LogP contribution in [0.2, 0.25) is 0 Å². The van der Waals surface area contributed by atoms with Crippen molar-refractivity contribution in [3.8, 4) is 11.5 Å². The van der Waals surface area contributed by atoms with Crippen LogP contribution in [-0.2, 0) is 9.16 Å². The average Bonchev–Trinajstić information content (AvgIpc) is 2.78. The molecule has 152 valence electrons. The van der Waals surface area contributed by atoms with E-state index in [0.717, 1.165) is 32.1 Å². The van der Waals surface area contributed by atoms with E-state index in [0.29, 0.717) is 6.61 Å². The Labute approximate surface area is 177 Å². The average molecular weight is 405 g/mol. The van der Waals surface area contributed by atoms with Gasteiger partial charge < -0.3 is 9.16 Å². The van der Waals surface area contributed by atoms with Crippen molar-refractivity contribution in [3.05, 3.63) is 86.0 Å². The van der Waals surface area contributed by atoms with Gasteiger partial charge in [-0.3, -0.25) is 0 Å². The molecule has 0 amide bonds. The molecule has 3 heteroatoms. The van der Waals surface area contributed by atoms with E-state index in [2.05, 4.69) is 73.2 Å². The van der Waals surface area contributed by atoms with E-state index >= 15 is 0 Å². The fraction of sp³-hybridized carbons (Fsp3) is 0.308. The molecule has 0 bridgehead atoms. The minimum absolute atomic E-state index is 0.122. The van der Waals surface area contributed by atoms with Gasteiger partial charge in [0, 0.05) is 13.2 Å². The summed E-state index contributed by atoms with van der Waals surface area (Å²) in [5, 5.41) is 2.34. The van der Waals surface area contributed by atoms with Crippen molar-refractivity contribution >= 4 is 18.7 Å². The summed E-state index contributed by atoms with van der Waals surface area (Å²) in [5.41, 5.74) is 3.56. The van der Waals surface area contributed by atoms with Gasteiger partial charge in [-0.25, -0.2) is 0 Å². The molecule has 1 unspecified atom stereocenters. The summed E-state index contributed by atoms with van der Waals surface area (Å²) >= 11 is 0. The molecule has 0 heterocycles. The summed E-state index contributed by atoms with van der Waals surface area (Å²) in [4.78, 5) is 0. The quantitative estimate of drug-likeness (QED) is 0.222. The van der Waals surface area contributed by atoms with Crippen molar-refractivity contribution in [1.82, 2.24) is 0 Å². The highest BCUT2D eigenvalue weighted by molar-refractivity contribution is 7.03. The topological polar surface area (TPSA) is 18.5 Å². The Kier molecular flexibility index (Phi) is 10.2. The van der Waals surface area contributed by atoms with Gasteiger partial charge in [0.15, 0.2) is 0 Å². The normalized spacial score (nSPS) is 11.9. The number of rotatable bonds is 12. The SMILES string of the molecule is C=CCCCC(CCC=C)O[Si](C#CCOC)(c1ccccc1)c1ccccc1. The molecular formula is C26H32O2Si. The van der Waals surface area contributed by atoms with Gasteiger partial charge in [0.05, 0.1) is 0 Å². The van der Waals surface area contributed by atoms with Crippen LogP contribution in [0.25, 0.3) is 0 Å². The first-order chi connectivity index (χ1) is 14.3. The van der Waals surface area contributed by atoms with Crippen LogP contribution in [0.4, 0.5) is 0 Å². The van der Waals surface area contributed by atoms with Crippen LogP contribution in [-0.4, -0.2) is 28.1 Å². The van der Waals surface area contributed by atoms with Crippen LogP contribution in [0.15, 0.2) is 86.0 Å². The second-order valence-corrected chi connectivity index (χ2v) is 9.98. The molecule has 0 aliphatic carbocycles. The summed E-state index contributed by atoms with van der Waals surface area (Å²) in [6.07, 6.45) is 8.98. The molecule has 0 saturated heterocycles. The van der Waals surface area contributed by atoms with E-state index in [1.807, 2.05) is 24.3 Å². The van der Waals surface area contributed by atoms with Gasteiger partial charge in [-0.2, -0.15) is 0 Å². The molecule has 0 radical (unpaired) electrons. The van der Waals surface area contributed by atoms with Gasteiger partial charge in [-0.1, -0.05) is 84.3 Å². The summed E-state index contributed by atoms with van der Waals surface area (Å²) < 4.78 is 12.3. The lowest BCUT2D eigenvalue weighted by molar-refractivity contribution is 0.180. The maximum absolute atomic E-state index is 7.03. The van der Waals surface area contributed by atoms with Gasteiger partial charge in [-0.05, 0) is 42.5 Å². The monoisotopic (exact) mass is 404 g/mol. The van der Waals surface area contributed by atoms with Crippen LogP contribution in [0.5, 0.6) is 0 Å². The first-order valence-electron chi connectivity index (χ1n) is 10.3. The Morgan fingerprint density at radius 1 is 0.897 bits per heavy atom. The number of hydrogen-bond donors (Lipinski definition) is 0. The molecule has 2 rings (SSSR count). The van der Waals surface area contributed by atoms with Crippen molar-refractivity contribution in [2.45, 2.75) is 38.2 Å². The third-order valence-corrected chi connectivity index (χ3v) is 8.32. The van der Waals surface area contributed by atoms with Gasteiger partial charge in [-0.15, -0.1) is 13.2 Å². The fourth-order valence-electron chi connectivity index (χ4n) is 3.36. The van der Waals surface area contributed by atoms with Crippen molar-refractivity contribution in [2.24, 2.45) is 0 Å². The Balaban J connectivity index is 2.52. The maximum Gasteiger partial charge on any atom is 0.337 e. The highest BCUT2D eigenvalue weighted by Crippen LogP contribution is 2.18. The van der Waals surface area contributed by atoms with Crippen molar-refractivity contribution < 1.29 is 9.16 Å². The minimum atomic E-state index is -2.76. The Morgan fingerprint density at radius 2 is 1.48 bits per heavy atom. The summed E-state index contributed by atoms with van der Waals surface area (Å²) in [6, 6.07) is 20.9. The Hall–Kier alpha value is -2.38. The van der Waals surface area contributed by atoms with Crippen LogP contribution < -0.4 is 10.4 Å². The van der Waals surface area contributed by atoms with Crippen molar-refractivity contribution in [3.63, 3.8) is 0 Å². The molecule has 0 aliphatic heterocycles. The van der Waals surface area contributed by atoms with Crippen molar-refractivity contribution in [1.29, 1.82) is 0 Å². The van der Waals surface area contributed by atoms with E-state index in [4.69, 9.17) is 9.16 Å². The van der Waals surface area contributed by atoms with E-state index in [1.54, 1.807) is 7.11 Å². The number of allylic oxidation sites excluding steroid dienone is 2. The highest BCUT2D eigenvalue weighted by Gasteiger charge is 2.40. The first kappa shape index (κ1) is 22.9. The molecular weight excluding hydrogens is 372 g/mol. The molecule has 0 spiro atoms. The van der Waals surface area contributed by atoms with Gasteiger partial charge in [0.2, 0.25) is 0 Å². The second kappa shape index (κ2) is 13.0. The molecule has 0 saturated carbocycles. The lowest BCUT2D eigenvalue weighted by atomic mass is 10.1. The number of unbranched alkanes of at least 4 members (excludes halogenated alkanes) is 1. The lowest BCUT2D eigenvalue weighted by Gasteiger charge is -2.32. The van der Waals surface area contributed by atoms with E-state index in [9.17, 15) is 0 Å². The molecule has 0 aromatic heterocycles. The number of ether oxygens (including phenoxy) is 1. The summed E-state index contributed by atoms with van der Waals surface area (Å²) in [6.45, 7) is 8.15. The predicted molar refractivity (Wildman–Crippen MR) is 126 cm³/mol. The van der Waals surface area contributed by atoms with E-state index in [-0.39, 0.29) is 6.10 Å². The van der Waals surface area contributed by atoms with Crippen LogP contribution >= 0.6 is 0 Å². The number of hydrogen-bond acceptors (Lipinski definition) is 2. The van der Waals surface area contributed by atoms with Crippen LogP contribution in [0.3, 0.4) is 0 Å². The molecule has 2 aromatic rings.